The summed E-state index contributed by atoms with van der Waals surface area (Å²) in [6, 6.07) is 45.2. The van der Waals surface area contributed by atoms with Crippen LogP contribution in [0, 0.1) is 0 Å². The van der Waals surface area contributed by atoms with Gasteiger partial charge >= 0.3 is 0 Å². The van der Waals surface area contributed by atoms with Gasteiger partial charge in [-0.1, -0.05) is 176 Å². The third-order valence-corrected chi connectivity index (χ3v) is 17.6. The van der Waals surface area contributed by atoms with E-state index in [1.807, 2.05) is 0 Å². The first kappa shape index (κ1) is 44.6. The van der Waals surface area contributed by atoms with Crippen molar-refractivity contribution < 1.29 is 4.42 Å². The van der Waals surface area contributed by atoms with E-state index in [2.05, 4.69) is 235 Å². The lowest BCUT2D eigenvalue weighted by Gasteiger charge is -2.44. The molecule has 0 bridgehead atoms. The Morgan fingerprint density at radius 2 is 1.06 bits per heavy atom. The van der Waals surface area contributed by atoms with Crippen molar-refractivity contribution in [1.29, 1.82) is 0 Å². The van der Waals surface area contributed by atoms with Crippen molar-refractivity contribution in [1.82, 2.24) is 0 Å². The van der Waals surface area contributed by atoms with Gasteiger partial charge in [0.2, 0.25) is 5.88 Å². The molecule has 0 amide bonds. The highest BCUT2D eigenvalue weighted by atomic mass is 28.3. The van der Waals surface area contributed by atoms with E-state index < -0.39 is 8.07 Å². The van der Waals surface area contributed by atoms with E-state index in [9.17, 15) is 0 Å². The molecule has 7 aromatic rings. The first-order valence-corrected chi connectivity index (χ1v) is 28.1. The molecular formula is C61H71BN2OSi. The predicted molar refractivity (Wildman–Crippen MR) is 290 cm³/mol. The van der Waals surface area contributed by atoms with Crippen LogP contribution in [0.25, 0.3) is 22.1 Å². The molecule has 0 saturated heterocycles. The maximum atomic E-state index is 7.64. The van der Waals surface area contributed by atoms with E-state index >= 15 is 0 Å². The molecule has 0 spiro atoms. The molecule has 6 aromatic carbocycles. The summed E-state index contributed by atoms with van der Waals surface area (Å²) in [5.74, 6) is 0.940. The molecule has 0 N–H and O–H groups in total. The van der Waals surface area contributed by atoms with Gasteiger partial charge in [0.1, 0.15) is 5.58 Å². The van der Waals surface area contributed by atoms with E-state index in [-0.39, 0.29) is 33.8 Å². The van der Waals surface area contributed by atoms with Gasteiger partial charge in [-0.3, -0.25) is 4.90 Å². The van der Waals surface area contributed by atoms with E-state index in [4.69, 9.17) is 4.42 Å². The Kier molecular flexibility index (Phi) is 9.87. The van der Waals surface area contributed by atoms with Gasteiger partial charge < -0.3 is 9.32 Å². The molecule has 3 aliphatic rings. The van der Waals surface area contributed by atoms with Gasteiger partial charge in [-0.15, -0.1) is 0 Å². The second-order valence-corrected chi connectivity index (χ2v) is 30.5. The molecule has 0 saturated carbocycles. The Labute approximate surface area is 397 Å². The second-order valence-electron chi connectivity index (χ2n) is 25.4. The van der Waals surface area contributed by atoms with Gasteiger partial charge in [0.05, 0.1) is 13.8 Å². The van der Waals surface area contributed by atoms with Crippen LogP contribution in [0.15, 0.2) is 120 Å². The molecule has 1 aliphatic carbocycles. The summed E-state index contributed by atoms with van der Waals surface area (Å²) in [4.78, 5) is 5.16. The minimum atomic E-state index is -1.93. The van der Waals surface area contributed by atoms with Gasteiger partial charge in [-0.2, -0.15) is 0 Å². The largest absolute Gasteiger partial charge is 0.440 e. The maximum Gasteiger partial charge on any atom is 0.257 e. The molecule has 3 nitrogen and oxygen atoms in total. The summed E-state index contributed by atoms with van der Waals surface area (Å²) in [6.45, 7) is 38.1. The van der Waals surface area contributed by atoms with Gasteiger partial charge in [-0.05, 0) is 139 Å². The molecule has 338 valence electrons. The lowest BCUT2D eigenvalue weighted by atomic mass is 9.33. The fourth-order valence-electron chi connectivity index (χ4n) is 11.2. The first-order valence-electron chi connectivity index (χ1n) is 24.6. The summed E-state index contributed by atoms with van der Waals surface area (Å²) >= 11 is 0. The van der Waals surface area contributed by atoms with E-state index in [0.29, 0.717) is 0 Å². The molecule has 0 atom stereocenters. The monoisotopic (exact) mass is 887 g/mol. The van der Waals surface area contributed by atoms with E-state index in [0.717, 1.165) is 30.0 Å². The molecule has 2 aliphatic heterocycles. The summed E-state index contributed by atoms with van der Waals surface area (Å²) in [7, 11) is -1.93. The van der Waals surface area contributed by atoms with Crippen LogP contribution < -0.4 is 31.4 Å². The van der Waals surface area contributed by atoms with Crippen molar-refractivity contribution in [3.63, 3.8) is 0 Å². The molecule has 66 heavy (non-hydrogen) atoms. The Morgan fingerprint density at radius 3 is 1.64 bits per heavy atom. The predicted octanol–water partition coefficient (Wildman–Crippen LogP) is 15.0. The van der Waals surface area contributed by atoms with Crippen LogP contribution in [0.2, 0.25) is 19.6 Å². The zero-order valence-electron chi connectivity index (χ0n) is 42.8. The topological polar surface area (TPSA) is 19.6 Å². The maximum absolute atomic E-state index is 7.64. The lowest BCUT2D eigenvalue weighted by molar-refractivity contribution is 0.332. The zero-order valence-corrected chi connectivity index (χ0v) is 43.8. The molecule has 0 unspecified atom stereocenters. The Balaban J connectivity index is 1.39. The normalized spacial score (nSPS) is 16.5. The van der Waals surface area contributed by atoms with Crippen LogP contribution in [0.3, 0.4) is 0 Å². The zero-order chi connectivity index (χ0) is 47.3. The SMILES string of the molecule is CC(C)(C)c1ccc(N2c3ccc(C(C)(C)C)cc3B3c4c2cc([Si](C)(C)C)cc4N(c2ccc(C(C)(C)C)cc2-c2ccccc2)c2oc4cc5c(cc4c23)C(C)(C)CCC5(C)C)cc1. The standard InChI is InChI=1S/C61H71BN2OSi/c1-57(2,3)39-22-26-42(27-23-39)63-50-29-25-41(59(7,8)9)33-48(50)62-54-45-36-46-47(61(12,13)31-30-60(46,10)11)37-53(45)65-56(54)64(52-35-43(66(14,15)16)34-51(63)55(52)62)49-28-24-40(58(4,5)6)32-44(49)38-20-18-17-19-21-38/h17-29,32-37H,30-31H2,1-16H3. The van der Waals surface area contributed by atoms with Crippen molar-refractivity contribution in [2.24, 2.45) is 0 Å². The van der Waals surface area contributed by atoms with Crippen molar-refractivity contribution in [3.05, 3.63) is 143 Å². The quantitative estimate of drug-likeness (QED) is 0.164. The molecule has 1 aromatic heterocycles. The van der Waals surface area contributed by atoms with Gasteiger partial charge in [-0.25, -0.2) is 0 Å². The summed E-state index contributed by atoms with van der Waals surface area (Å²) in [5, 5.41) is 2.66. The number of rotatable bonds is 4. The minimum absolute atomic E-state index is 0.0350. The van der Waals surface area contributed by atoms with Crippen LogP contribution >= 0.6 is 0 Å². The van der Waals surface area contributed by atoms with E-state index in [1.165, 1.54) is 88.7 Å². The third kappa shape index (κ3) is 7.13. The highest BCUT2D eigenvalue weighted by Gasteiger charge is 2.49. The van der Waals surface area contributed by atoms with Crippen molar-refractivity contribution in [3.8, 4) is 11.1 Å². The molecule has 5 heteroatoms. The number of nitrogens with zero attached hydrogens (tertiary/aromatic N) is 2. The van der Waals surface area contributed by atoms with Gasteiger partial charge in [0, 0.05) is 39.2 Å². The first-order chi connectivity index (χ1) is 30.7. The average molecular weight is 887 g/mol. The van der Waals surface area contributed by atoms with Crippen LogP contribution in [0.5, 0.6) is 0 Å². The minimum Gasteiger partial charge on any atom is -0.440 e. The average Bonchev–Trinajstić information content (AvgIpc) is 3.61. The van der Waals surface area contributed by atoms with Gasteiger partial charge in [0.15, 0.2) is 0 Å². The number of hydrogen-bond donors (Lipinski definition) is 0. The number of hydrogen-bond acceptors (Lipinski definition) is 3. The van der Waals surface area contributed by atoms with Gasteiger partial charge in [0.25, 0.3) is 6.71 Å². The fraction of sp³-hybridized carbons (Fsp3) is 0.377. The lowest BCUT2D eigenvalue weighted by Crippen LogP contribution is -2.62. The summed E-state index contributed by atoms with van der Waals surface area (Å²) in [6.07, 6.45) is 2.31. The Hall–Kier alpha value is -5.26. The summed E-state index contributed by atoms with van der Waals surface area (Å²) < 4.78 is 7.64. The second kappa shape index (κ2) is 14.6. The molecule has 10 rings (SSSR count). The summed E-state index contributed by atoms with van der Waals surface area (Å²) in [5.41, 5.74) is 20.3. The smallest absolute Gasteiger partial charge is 0.257 e. The molecule has 0 radical (unpaired) electrons. The highest BCUT2D eigenvalue weighted by molar-refractivity contribution is 7.02. The van der Waals surface area contributed by atoms with Crippen molar-refractivity contribution >= 4 is 81.7 Å². The van der Waals surface area contributed by atoms with Crippen LogP contribution in [0.4, 0.5) is 34.3 Å². The number of anilines is 6. The number of benzene rings is 6. The van der Waals surface area contributed by atoms with Crippen LogP contribution in [0.1, 0.15) is 131 Å². The Bertz CT molecular complexity index is 3070. The van der Waals surface area contributed by atoms with Crippen molar-refractivity contribution in [2.45, 2.75) is 150 Å². The van der Waals surface area contributed by atoms with E-state index in [1.54, 1.807) is 0 Å². The molecule has 0 fully saturated rings. The number of furan rings is 1. The highest BCUT2D eigenvalue weighted by Crippen LogP contribution is 2.52. The number of fused-ring (bicyclic) bond motifs is 7. The van der Waals surface area contributed by atoms with Crippen LogP contribution in [-0.4, -0.2) is 14.8 Å². The third-order valence-electron chi connectivity index (χ3n) is 15.6. The fourth-order valence-corrected chi connectivity index (χ4v) is 12.3. The molecule has 3 heterocycles. The molecular weight excluding hydrogens is 816 g/mol. The van der Waals surface area contributed by atoms with Crippen LogP contribution in [-0.2, 0) is 27.1 Å². The Morgan fingerprint density at radius 1 is 0.530 bits per heavy atom. The van der Waals surface area contributed by atoms with Crippen molar-refractivity contribution in [2.75, 3.05) is 9.80 Å².